The Bertz CT molecular complexity index is 1070. The topological polar surface area (TPSA) is 33.2 Å². The van der Waals surface area contributed by atoms with E-state index in [0.29, 0.717) is 13.1 Å². The number of pyridine rings is 1. The molecule has 0 N–H and O–H groups in total. The maximum Gasteiger partial charge on any atom is 0.246 e. The second-order valence-corrected chi connectivity index (χ2v) is 8.72. The third kappa shape index (κ3) is 3.29. The zero-order valence-corrected chi connectivity index (χ0v) is 17.3. The van der Waals surface area contributed by atoms with Crippen molar-refractivity contribution in [3.8, 4) is 11.1 Å². The second kappa shape index (κ2) is 7.36. The van der Waals surface area contributed by atoms with Crippen molar-refractivity contribution in [1.82, 2.24) is 9.88 Å². The average molecular weight is 389 g/mol. The van der Waals surface area contributed by atoms with Gasteiger partial charge in [0.15, 0.2) is 0 Å². The number of hydrogen-bond donors (Lipinski definition) is 0. The average Bonchev–Trinajstić information content (AvgIpc) is 3.07. The molecule has 142 valence electrons. The molecule has 2 aromatic heterocycles. The molecule has 1 amide bonds. The zero-order valence-electron chi connectivity index (χ0n) is 16.5. The first-order valence-corrected chi connectivity index (χ1v) is 10.3. The molecule has 0 aliphatic carbocycles. The highest BCUT2D eigenvalue weighted by atomic mass is 32.1. The standard InChI is InChI=1S/C24H24N2OS/c1-5-24(27)26-13-22(21-12-16(3)28-23(21)14-26)20-9-7-6-8-19(20)18-11-10-15(2)25-17(18)4/h5-12,22H,1,13-14H2,2-4H3/t22-/m1/s1. The van der Waals surface area contributed by atoms with Crippen molar-refractivity contribution >= 4 is 17.2 Å². The molecule has 3 aromatic rings. The molecule has 0 unspecified atom stereocenters. The summed E-state index contributed by atoms with van der Waals surface area (Å²) in [5.41, 5.74) is 7.00. The molecule has 0 radical (unpaired) electrons. The van der Waals surface area contributed by atoms with Gasteiger partial charge in [-0.2, -0.15) is 0 Å². The van der Waals surface area contributed by atoms with Crippen molar-refractivity contribution in [3.63, 3.8) is 0 Å². The fourth-order valence-corrected chi connectivity index (χ4v) is 5.25. The van der Waals surface area contributed by atoms with E-state index in [-0.39, 0.29) is 11.8 Å². The van der Waals surface area contributed by atoms with Crippen LogP contribution >= 0.6 is 11.3 Å². The Morgan fingerprint density at radius 3 is 2.68 bits per heavy atom. The largest absolute Gasteiger partial charge is 0.333 e. The molecule has 1 atom stereocenters. The van der Waals surface area contributed by atoms with E-state index in [1.54, 1.807) is 11.3 Å². The second-order valence-electron chi connectivity index (χ2n) is 7.38. The SMILES string of the molecule is C=CC(=O)N1Cc2sc(C)cc2[C@@H](c2ccccc2-c2ccc(C)nc2C)C1. The van der Waals surface area contributed by atoms with Gasteiger partial charge in [-0.3, -0.25) is 9.78 Å². The lowest BCUT2D eigenvalue weighted by atomic mass is 9.83. The first-order chi connectivity index (χ1) is 13.5. The number of benzene rings is 1. The van der Waals surface area contributed by atoms with Crippen molar-refractivity contribution in [2.45, 2.75) is 33.2 Å². The molecule has 0 fully saturated rings. The van der Waals surface area contributed by atoms with Gasteiger partial charge in [-0.1, -0.05) is 36.9 Å². The first-order valence-electron chi connectivity index (χ1n) is 9.52. The highest BCUT2D eigenvalue weighted by Crippen LogP contribution is 2.41. The summed E-state index contributed by atoms with van der Waals surface area (Å²) in [6.07, 6.45) is 1.42. The Morgan fingerprint density at radius 1 is 1.14 bits per heavy atom. The van der Waals surface area contributed by atoms with Gasteiger partial charge in [0, 0.05) is 39.2 Å². The van der Waals surface area contributed by atoms with Crippen LogP contribution in [0.4, 0.5) is 0 Å². The Labute approximate surface area is 170 Å². The summed E-state index contributed by atoms with van der Waals surface area (Å²) < 4.78 is 0. The molecule has 3 heterocycles. The minimum atomic E-state index is -0.00707. The van der Waals surface area contributed by atoms with Gasteiger partial charge in [0.05, 0.1) is 6.54 Å². The number of fused-ring (bicyclic) bond motifs is 1. The molecule has 1 aliphatic heterocycles. The summed E-state index contributed by atoms with van der Waals surface area (Å²) in [4.78, 5) is 21.5. The molecule has 0 saturated carbocycles. The van der Waals surface area contributed by atoms with E-state index in [1.807, 2.05) is 11.8 Å². The molecule has 1 aromatic carbocycles. The molecule has 0 saturated heterocycles. The van der Waals surface area contributed by atoms with Crippen LogP contribution in [0.2, 0.25) is 0 Å². The predicted octanol–water partition coefficient (Wildman–Crippen LogP) is 5.40. The van der Waals surface area contributed by atoms with Crippen LogP contribution in [0.3, 0.4) is 0 Å². The fourth-order valence-electron chi connectivity index (χ4n) is 4.14. The smallest absolute Gasteiger partial charge is 0.246 e. The third-order valence-corrected chi connectivity index (χ3v) is 6.47. The van der Waals surface area contributed by atoms with E-state index in [9.17, 15) is 4.79 Å². The number of hydrogen-bond acceptors (Lipinski definition) is 3. The van der Waals surface area contributed by atoms with Gasteiger partial charge >= 0.3 is 0 Å². The maximum atomic E-state index is 12.4. The maximum absolute atomic E-state index is 12.4. The lowest BCUT2D eigenvalue weighted by Crippen LogP contribution is -2.37. The van der Waals surface area contributed by atoms with Gasteiger partial charge < -0.3 is 4.90 Å². The van der Waals surface area contributed by atoms with Crippen molar-refractivity contribution < 1.29 is 4.79 Å². The van der Waals surface area contributed by atoms with Crippen molar-refractivity contribution in [2.24, 2.45) is 0 Å². The number of rotatable bonds is 3. The Kier molecular flexibility index (Phi) is 4.90. The van der Waals surface area contributed by atoms with Gasteiger partial charge in [-0.05, 0) is 55.7 Å². The quantitative estimate of drug-likeness (QED) is 0.563. The zero-order chi connectivity index (χ0) is 19.8. The monoisotopic (exact) mass is 388 g/mol. The van der Waals surface area contributed by atoms with Gasteiger partial charge in [-0.25, -0.2) is 0 Å². The van der Waals surface area contributed by atoms with Crippen LogP contribution in [0, 0.1) is 20.8 Å². The number of aryl methyl sites for hydroxylation is 3. The van der Waals surface area contributed by atoms with Gasteiger partial charge in [0.2, 0.25) is 5.91 Å². The lowest BCUT2D eigenvalue weighted by Gasteiger charge is -2.33. The molecule has 28 heavy (non-hydrogen) atoms. The summed E-state index contributed by atoms with van der Waals surface area (Å²) in [5.74, 6) is 0.141. The van der Waals surface area contributed by atoms with Gasteiger partial charge in [0.1, 0.15) is 0 Å². The number of thiophene rings is 1. The first kappa shape index (κ1) is 18.6. The molecule has 3 nitrogen and oxygen atoms in total. The molecule has 1 aliphatic rings. The fraction of sp³-hybridized carbons (Fsp3) is 0.250. The number of amides is 1. The molecular weight excluding hydrogens is 364 g/mol. The highest BCUT2D eigenvalue weighted by Gasteiger charge is 2.31. The molecular formula is C24H24N2OS. The molecule has 4 rings (SSSR count). The summed E-state index contributed by atoms with van der Waals surface area (Å²) in [6.45, 7) is 11.2. The van der Waals surface area contributed by atoms with E-state index in [2.05, 4.69) is 67.9 Å². The molecule has 4 heteroatoms. The third-order valence-electron chi connectivity index (χ3n) is 5.42. The summed E-state index contributed by atoms with van der Waals surface area (Å²) in [6, 6.07) is 15.0. The Balaban J connectivity index is 1.86. The number of aromatic nitrogens is 1. The highest BCUT2D eigenvalue weighted by molar-refractivity contribution is 7.12. The van der Waals surface area contributed by atoms with Gasteiger partial charge in [0.25, 0.3) is 0 Å². The normalized spacial score (nSPS) is 16.0. The van der Waals surface area contributed by atoms with E-state index in [1.165, 1.54) is 32.5 Å². The Hall–Kier alpha value is -2.72. The van der Waals surface area contributed by atoms with Gasteiger partial charge in [-0.15, -0.1) is 11.3 Å². The number of carbonyl (C=O) groups excluding carboxylic acids is 1. The summed E-state index contributed by atoms with van der Waals surface area (Å²) >= 11 is 1.79. The minimum Gasteiger partial charge on any atom is -0.333 e. The van der Waals surface area contributed by atoms with E-state index >= 15 is 0 Å². The van der Waals surface area contributed by atoms with Crippen molar-refractivity contribution in [1.29, 1.82) is 0 Å². The Morgan fingerprint density at radius 2 is 1.93 bits per heavy atom. The van der Waals surface area contributed by atoms with Crippen LogP contribution in [-0.4, -0.2) is 22.3 Å². The van der Waals surface area contributed by atoms with E-state index in [0.717, 1.165) is 17.0 Å². The van der Waals surface area contributed by atoms with Crippen molar-refractivity contribution in [3.05, 3.63) is 87.4 Å². The molecule has 0 bridgehead atoms. The predicted molar refractivity (Wildman–Crippen MR) is 116 cm³/mol. The minimum absolute atomic E-state index is 0.00707. The number of carbonyl (C=O) groups is 1. The summed E-state index contributed by atoms with van der Waals surface area (Å²) in [5, 5.41) is 0. The van der Waals surface area contributed by atoms with Crippen LogP contribution in [0.1, 0.15) is 38.2 Å². The van der Waals surface area contributed by atoms with Crippen LogP contribution in [-0.2, 0) is 11.3 Å². The van der Waals surface area contributed by atoms with Crippen molar-refractivity contribution in [2.75, 3.05) is 6.54 Å². The number of nitrogens with zero attached hydrogens (tertiary/aromatic N) is 2. The lowest BCUT2D eigenvalue weighted by molar-refractivity contribution is -0.127. The van der Waals surface area contributed by atoms with E-state index < -0.39 is 0 Å². The van der Waals surface area contributed by atoms with Crippen LogP contribution in [0.25, 0.3) is 11.1 Å². The summed E-state index contributed by atoms with van der Waals surface area (Å²) in [7, 11) is 0. The van der Waals surface area contributed by atoms with Crippen LogP contribution in [0.15, 0.2) is 55.1 Å². The van der Waals surface area contributed by atoms with Crippen LogP contribution in [0.5, 0.6) is 0 Å². The van der Waals surface area contributed by atoms with Crippen LogP contribution < -0.4 is 0 Å². The van der Waals surface area contributed by atoms with E-state index in [4.69, 9.17) is 0 Å². The molecule has 0 spiro atoms.